The highest BCUT2D eigenvalue weighted by molar-refractivity contribution is 8.55. The molecule has 0 aliphatic rings. The van der Waals surface area contributed by atoms with E-state index in [1.165, 1.54) is 16.3 Å². The summed E-state index contributed by atoms with van der Waals surface area (Å²) in [5.74, 6) is 2.12. The van der Waals surface area contributed by atoms with E-state index in [2.05, 4.69) is 12.1 Å². The smallest absolute Gasteiger partial charge is 0.417 e. The van der Waals surface area contributed by atoms with Crippen LogP contribution in [0.1, 0.15) is 6.92 Å². The van der Waals surface area contributed by atoms with Gasteiger partial charge in [0.15, 0.2) is 0 Å². The Morgan fingerprint density at radius 3 is 2.23 bits per heavy atom. The second-order valence-corrected chi connectivity index (χ2v) is 9.55. The fraction of sp³-hybridized carbons (Fsp3) is 0.250. The molecule has 0 saturated carbocycles. The molecule has 0 aliphatic carbocycles. The summed E-state index contributed by atoms with van der Waals surface area (Å²) in [4.78, 5) is 1.21. The van der Waals surface area contributed by atoms with E-state index in [0.29, 0.717) is 18.1 Å². The molecule has 0 saturated heterocycles. The van der Waals surface area contributed by atoms with Crippen molar-refractivity contribution in [2.75, 3.05) is 18.1 Å². The minimum absolute atomic E-state index is 0.364. The Bertz CT molecular complexity index is 593. The van der Waals surface area contributed by atoms with Crippen molar-refractivity contribution in [1.82, 2.24) is 0 Å². The van der Waals surface area contributed by atoms with Crippen LogP contribution in [0.4, 0.5) is 0 Å². The van der Waals surface area contributed by atoms with E-state index in [1.54, 1.807) is 23.9 Å². The van der Waals surface area contributed by atoms with E-state index in [0.717, 1.165) is 5.75 Å². The van der Waals surface area contributed by atoms with Gasteiger partial charge in [-0.3, -0.25) is 4.52 Å². The van der Waals surface area contributed by atoms with Gasteiger partial charge in [0.05, 0.1) is 6.61 Å². The summed E-state index contributed by atoms with van der Waals surface area (Å²) < 4.78 is 23.7. The Kier molecular flexibility index (Phi) is 7.40. The van der Waals surface area contributed by atoms with Gasteiger partial charge in [-0.2, -0.15) is 0 Å². The van der Waals surface area contributed by atoms with E-state index in [4.69, 9.17) is 9.05 Å². The van der Waals surface area contributed by atoms with Gasteiger partial charge in [0, 0.05) is 16.4 Å². The minimum Gasteiger partial charge on any atom is -0.417 e. The third-order valence-electron chi connectivity index (χ3n) is 2.59. The average molecular weight is 354 g/mol. The first-order chi connectivity index (χ1) is 10.7. The van der Waals surface area contributed by atoms with Gasteiger partial charge in [0.1, 0.15) is 5.75 Å². The number of rotatable bonds is 9. The lowest BCUT2D eigenvalue weighted by Crippen LogP contribution is -1.97. The third kappa shape index (κ3) is 6.09. The van der Waals surface area contributed by atoms with E-state index >= 15 is 0 Å². The molecule has 2 rings (SSSR count). The zero-order valence-corrected chi connectivity index (χ0v) is 14.9. The Hall–Kier alpha value is -0.870. The Balaban J connectivity index is 1.84. The maximum Gasteiger partial charge on any atom is 0.440 e. The molecule has 2 aromatic carbocycles. The topological polar surface area (TPSA) is 35.5 Å². The first kappa shape index (κ1) is 17.5. The second-order valence-electron chi connectivity index (χ2n) is 4.26. The van der Waals surface area contributed by atoms with E-state index in [1.807, 2.05) is 43.3 Å². The summed E-state index contributed by atoms with van der Waals surface area (Å²) in [6.45, 7) is -0.975. The van der Waals surface area contributed by atoms with Gasteiger partial charge in [-0.15, -0.1) is 11.8 Å². The predicted molar refractivity (Wildman–Crippen MR) is 95.9 cm³/mol. The summed E-state index contributed by atoms with van der Waals surface area (Å²) in [5, 5.41) is 0. The molecule has 0 bridgehead atoms. The predicted octanol–water partition coefficient (Wildman–Crippen LogP) is 5.74. The zero-order valence-electron chi connectivity index (χ0n) is 12.4. The van der Waals surface area contributed by atoms with Crippen molar-refractivity contribution < 1.29 is 13.6 Å². The molecule has 0 spiro atoms. The highest BCUT2D eigenvalue weighted by atomic mass is 32.7. The van der Waals surface area contributed by atoms with Crippen LogP contribution in [0, 0.1) is 0 Å². The van der Waals surface area contributed by atoms with Crippen molar-refractivity contribution in [2.45, 2.75) is 11.8 Å². The monoisotopic (exact) mass is 354 g/mol. The van der Waals surface area contributed by atoms with Crippen LogP contribution in [0.15, 0.2) is 65.6 Å². The standard InChI is InChI=1S/C16H19O3PS2/c1-2-18-20(17,19-15-9-5-3-6-10-15)22-14-13-21-16-11-7-4-8-12-16/h3-12H,2,13-14H2,1H3. The van der Waals surface area contributed by atoms with Crippen LogP contribution in [0.2, 0.25) is 0 Å². The van der Waals surface area contributed by atoms with Crippen LogP contribution in [-0.2, 0) is 9.09 Å². The summed E-state index contributed by atoms with van der Waals surface area (Å²) in [5.41, 5.74) is 0. The largest absolute Gasteiger partial charge is 0.440 e. The van der Waals surface area contributed by atoms with Crippen LogP contribution in [-0.4, -0.2) is 18.1 Å². The van der Waals surface area contributed by atoms with Gasteiger partial charge in [0.25, 0.3) is 0 Å². The zero-order chi connectivity index (χ0) is 15.7. The van der Waals surface area contributed by atoms with Crippen molar-refractivity contribution in [3.05, 3.63) is 60.7 Å². The summed E-state index contributed by atoms with van der Waals surface area (Å²) in [7, 11) is 0. The van der Waals surface area contributed by atoms with Crippen molar-refractivity contribution in [3.63, 3.8) is 0 Å². The van der Waals surface area contributed by atoms with Crippen LogP contribution in [0.25, 0.3) is 0 Å². The van der Waals surface area contributed by atoms with Crippen molar-refractivity contribution in [2.24, 2.45) is 0 Å². The van der Waals surface area contributed by atoms with Gasteiger partial charge in [0.2, 0.25) is 0 Å². The average Bonchev–Trinajstić information content (AvgIpc) is 2.54. The van der Waals surface area contributed by atoms with Crippen LogP contribution in [0.3, 0.4) is 0 Å². The molecule has 1 unspecified atom stereocenters. The first-order valence-corrected chi connectivity index (χ1v) is 11.2. The molecule has 0 fully saturated rings. The van der Waals surface area contributed by atoms with Gasteiger partial charge in [-0.05, 0) is 42.6 Å². The van der Waals surface area contributed by atoms with E-state index in [9.17, 15) is 4.57 Å². The van der Waals surface area contributed by atoms with Gasteiger partial charge in [-0.1, -0.05) is 36.4 Å². The lowest BCUT2D eigenvalue weighted by atomic mass is 10.3. The van der Waals surface area contributed by atoms with Gasteiger partial charge >= 0.3 is 6.80 Å². The molecule has 1 atom stereocenters. The highest BCUT2D eigenvalue weighted by Crippen LogP contribution is 2.60. The molecular weight excluding hydrogens is 335 g/mol. The minimum atomic E-state index is -3.16. The normalized spacial score (nSPS) is 13.5. The number of thioether (sulfide) groups is 1. The van der Waals surface area contributed by atoms with Crippen LogP contribution in [0.5, 0.6) is 5.75 Å². The van der Waals surface area contributed by atoms with Crippen molar-refractivity contribution in [3.8, 4) is 5.75 Å². The third-order valence-corrected chi connectivity index (χ3v) is 7.61. The maximum atomic E-state index is 12.7. The quantitative estimate of drug-likeness (QED) is 0.326. The number of hydrogen-bond donors (Lipinski definition) is 0. The Morgan fingerprint density at radius 2 is 1.59 bits per heavy atom. The molecule has 0 heterocycles. The lowest BCUT2D eigenvalue weighted by molar-refractivity contribution is 0.296. The van der Waals surface area contributed by atoms with Crippen LogP contribution < -0.4 is 4.52 Å². The van der Waals surface area contributed by atoms with E-state index < -0.39 is 6.80 Å². The molecular formula is C16H19O3PS2. The molecule has 0 aliphatic heterocycles. The molecule has 0 amide bonds. The molecule has 0 aromatic heterocycles. The number of para-hydroxylation sites is 1. The highest BCUT2D eigenvalue weighted by Gasteiger charge is 2.26. The summed E-state index contributed by atoms with van der Waals surface area (Å²) in [6, 6.07) is 19.3. The second kappa shape index (κ2) is 9.31. The SMILES string of the molecule is CCOP(=O)(Oc1ccccc1)SCCSc1ccccc1. The van der Waals surface area contributed by atoms with Crippen molar-refractivity contribution >= 4 is 29.9 Å². The van der Waals surface area contributed by atoms with Gasteiger partial charge in [-0.25, -0.2) is 4.57 Å². The fourth-order valence-corrected chi connectivity index (χ4v) is 6.30. The Morgan fingerprint density at radius 1 is 0.955 bits per heavy atom. The number of hydrogen-bond acceptors (Lipinski definition) is 5. The molecule has 0 radical (unpaired) electrons. The summed E-state index contributed by atoms with van der Waals surface area (Å²) >= 11 is 2.99. The lowest BCUT2D eigenvalue weighted by Gasteiger charge is -2.17. The maximum absolute atomic E-state index is 12.7. The summed E-state index contributed by atoms with van der Waals surface area (Å²) in [6.07, 6.45) is 0. The van der Waals surface area contributed by atoms with Crippen LogP contribution >= 0.6 is 29.9 Å². The molecule has 0 N–H and O–H groups in total. The number of benzene rings is 2. The molecule has 3 nitrogen and oxygen atoms in total. The van der Waals surface area contributed by atoms with Crippen molar-refractivity contribution in [1.29, 1.82) is 0 Å². The molecule has 6 heteroatoms. The molecule has 118 valence electrons. The first-order valence-electron chi connectivity index (χ1n) is 7.03. The Labute approximate surface area is 140 Å². The molecule has 2 aromatic rings. The van der Waals surface area contributed by atoms with Gasteiger partial charge < -0.3 is 4.52 Å². The molecule has 22 heavy (non-hydrogen) atoms. The fourth-order valence-electron chi connectivity index (χ4n) is 1.68. The van der Waals surface area contributed by atoms with E-state index in [-0.39, 0.29) is 0 Å².